The molecule has 2 aromatic heterocycles. The van der Waals surface area contributed by atoms with Crippen LogP contribution in [-0.4, -0.2) is 40.5 Å². The number of carbonyl (C=O) groups is 1. The first-order valence-corrected chi connectivity index (χ1v) is 17.5. The number of aryl methyl sites for hydroxylation is 2. The average molecular weight is 644 g/mol. The largest absolute Gasteiger partial charge is 0.491 e. The summed E-state index contributed by atoms with van der Waals surface area (Å²) in [6.07, 6.45) is 10.3. The van der Waals surface area contributed by atoms with Crippen molar-refractivity contribution in [3.63, 3.8) is 0 Å². The van der Waals surface area contributed by atoms with Gasteiger partial charge in [-0.15, -0.1) is 0 Å². The quantitative estimate of drug-likeness (QED) is 0.207. The molecule has 2 heterocycles. The van der Waals surface area contributed by atoms with E-state index in [0.717, 1.165) is 43.4 Å². The lowest BCUT2D eigenvalue weighted by atomic mass is 9.89. The van der Waals surface area contributed by atoms with Gasteiger partial charge in [0.2, 0.25) is 11.9 Å². The molecule has 1 N–H and O–H groups in total. The number of hydrogen-bond donors (Lipinski definition) is 1. The third-order valence-corrected chi connectivity index (χ3v) is 9.76. The van der Waals surface area contributed by atoms with Crippen molar-refractivity contribution >= 4 is 15.9 Å². The number of unbranched alkanes of at least 4 members (excludes halogenated alkanes) is 1. The van der Waals surface area contributed by atoms with Gasteiger partial charge in [0.1, 0.15) is 5.82 Å². The van der Waals surface area contributed by atoms with Gasteiger partial charge >= 0.3 is 0 Å². The van der Waals surface area contributed by atoms with Gasteiger partial charge in [0, 0.05) is 23.5 Å². The lowest BCUT2D eigenvalue weighted by Gasteiger charge is -2.21. The van der Waals surface area contributed by atoms with Crippen LogP contribution < -0.4 is 15.0 Å². The summed E-state index contributed by atoms with van der Waals surface area (Å²) >= 11 is 0. The maximum Gasteiger partial charge on any atom is 0.264 e. The molecule has 0 spiro atoms. The minimum absolute atomic E-state index is 0.0507. The standard InChI is InChI=1S/C35H41N5O5S/c1-4-6-15-31-30(34(42)40(24(3)38-31)35-36-22-28(23-37-35)45-5-2)21-25-17-19-26(20-18-25)29-14-10-11-16-32(29)46(43,44)39-33(41)27-12-8-7-9-13-27/h10-11,14,16-20,22-23,27H,4-9,12-13,15,21H2,1-3H3,(H,39,41). The number of rotatable bonds is 12. The molecule has 0 unspecified atom stereocenters. The molecule has 1 aliphatic carbocycles. The molecule has 4 aromatic rings. The summed E-state index contributed by atoms with van der Waals surface area (Å²) in [5.41, 5.74) is 3.14. The molecule has 0 atom stereocenters. The molecule has 1 aliphatic rings. The average Bonchev–Trinajstić information content (AvgIpc) is 3.06. The molecule has 46 heavy (non-hydrogen) atoms. The number of nitrogens with zero attached hydrogens (tertiary/aromatic N) is 4. The SMILES string of the molecule is CCCCc1nc(C)n(-c2ncc(OCC)cn2)c(=O)c1Cc1ccc(-c2ccccc2S(=O)(=O)NC(=O)C2CCCCC2)cc1. The van der Waals surface area contributed by atoms with Crippen molar-refractivity contribution in [1.82, 2.24) is 24.2 Å². The Morgan fingerprint density at radius 2 is 1.70 bits per heavy atom. The van der Waals surface area contributed by atoms with Crippen molar-refractivity contribution in [3.05, 3.63) is 93.9 Å². The summed E-state index contributed by atoms with van der Waals surface area (Å²) < 4.78 is 36.0. The summed E-state index contributed by atoms with van der Waals surface area (Å²) in [5, 5.41) is 0. The van der Waals surface area contributed by atoms with Crippen LogP contribution in [0.2, 0.25) is 0 Å². The maximum atomic E-state index is 13.9. The molecule has 2 aromatic carbocycles. The zero-order valence-corrected chi connectivity index (χ0v) is 27.5. The van der Waals surface area contributed by atoms with Crippen LogP contribution in [0, 0.1) is 12.8 Å². The van der Waals surface area contributed by atoms with Crippen LogP contribution in [0.4, 0.5) is 0 Å². The van der Waals surface area contributed by atoms with E-state index in [1.807, 2.05) is 31.2 Å². The maximum absolute atomic E-state index is 13.9. The Morgan fingerprint density at radius 3 is 2.37 bits per heavy atom. The molecular weight excluding hydrogens is 602 g/mol. The number of sulfonamides is 1. The van der Waals surface area contributed by atoms with E-state index in [-0.39, 0.29) is 22.3 Å². The number of aromatic nitrogens is 4. The molecule has 0 saturated heterocycles. The van der Waals surface area contributed by atoms with E-state index in [0.29, 0.717) is 60.6 Å². The first-order valence-electron chi connectivity index (χ1n) is 16.0. The van der Waals surface area contributed by atoms with Crippen molar-refractivity contribution in [2.24, 2.45) is 5.92 Å². The highest BCUT2D eigenvalue weighted by molar-refractivity contribution is 7.90. The predicted octanol–water partition coefficient (Wildman–Crippen LogP) is 5.72. The third-order valence-electron chi connectivity index (χ3n) is 8.36. The fourth-order valence-corrected chi connectivity index (χ4v) is 7.20. The summed E-state index contributed by atoms with van der Waals surface area (Å²) in [4.78, 5) is 40.3. The lowest BCUT2D eigenvalue weighted by Crippen LogP contribution is -2.36. The zero-order valence-electron chi connectivity index (χ0n) is 26.7. The fraction of sp³-hybridized carbons (Fsp3) is 0.400. The molecule has 10 nitrogen and oxygen atoms in total. The number of benzene rings is 2. The number of carbonyl (C=O) groups excluding carboxylic acids is 1. The monoisotopic (exact) mass is 643 g/mol. The number of nitrogens with one attached hydrogen (secondary N) is 1. The molecule has 242 valence electrons. The van der Waals surface area contributed by atoms with Gasteiger partial charge in [-0.05, 0) is 56.7 Å². The zero-order chi connectivity index (χ0) is 32.7. The topological polar surface area (TPSA) is 133 Å². The van der Waals surface area contributed by atoms with Gasteiger partial charge in [-0.2, -0.15) is 0 Å². The summed E-state index contributed by atoms with van der Waals surface area (Å²) in [7, 11) is -4.08. The lowest BCUT2D eigenvalue weighted by molar-refractivity contribution is -0.124. The second-order valence-electron chi connectivity index (χ2n) is 11.7. The number of ether oxygens (including phenoxy) is 1. The number of hydrogen-bond acceptors (Lipinski definition) is 8. The van der Waals surface area contributed by atoms with Gasteiger partial charge in [0.25, 0.3) is 15.6 Å². The van der Waals surface area contributed by atoms with Gasteiger partial charge < -0.3 is 4.74 Å². The van der Waals surface area contributed by atoms with Crippen molar-refractivity contribution in [2.75, 3.05) is 6.61 Å². The second-order valence-corrected chi connectivity index (χ2v) is 13.3. The van der Waals surface area contributed by atoms with E-state index in [4.69, 9.17) is 9.72 Å². The highest BCUT2D eigenvalue weighted by Gasteiger charge is 2.27. The summed E-state index contributed by atoms with van der Waals surface area (Å²) in [5.74, 6) is 0.541. The molecule has 0 bridgehead atoms. The van der Waals surface area contributed by atoms with Crippen LogP contribution in [0.25, 0.3) is 17.1 Å². The highest BCUT2D eigenvalue weighted by atomic mass is 32.2. The van der Waals surface area contributed by atoms with Crippen LogP contribution in [0.1, 0.15) is 81.4 Å². The Kier molecular flexibility index (Phi) is 10.6. The normalized spacial score (nSPS) is 13.8. The smallest absolute Gasteiger partial charge is 0.264 e. The Morgan fingerprint density at radius 1 is 1.00 bits per heavy atom. The van der Waals surface area contributed by atoms with Crippen LogP contribution in [0.5, 0.6) is 5.75 Å². The molecular formula is C35H41N5O5S. The molecule has 5 rings (SSSR count). The Hall–Kier alpha value is -4.38. The molecule has 11 heteroatoms. The predicted molar refractivity (Wildman–Crippen MR) is 177 cm³/mol. The van der Waals surface area contributed by atoms with E-state index in [2.05, 4.69) is 21.6 Å². The van der Waals surface area contributed by atoms with E-state index < -0.39 is 15.9 Å². The Balaban J connectivity index is 1.43. The van der Waals surface area contributed by atoms with Crippen LogP contribution in [0.3, 0.4) is 0 Å². The third kappa shape index (κ3) is 7.52. The van der Waals surface area contributed by atoms with Gasteiger partial charge in [-0.1, -0.05) is 75.1 Å². The van der Waals surface area contributed by atoms with E-state index in [9.17, 15) is 18.0 Å². The summed E-state index contributed by atoms with van der Waals surface area (Å²) in [6.45, 7) is 6.23. The molecule has 1 fully saturated rings. The van der Waals surface area contributed by atoms with Crippen LogP contribution >= 0.6 is 0 Å². The summed E-state index contributed by atoms with van der Waals surface area (Å²) in [6, 6.07) is 14.1. The fourth-order valence-electron chi connectivity index (χ4n) is 5.93. The minimum Gasteiger partial charge on any atom is -0.491 e. The first-order chi connectivity index (χ1) is 22.2. The van der Waals surface area contributed by atoms with E-state index >= 15 is 0 Å². The minimum atomic E-state index is -4.08. The van der Waals surface area contributed by atoms with E-state index in [1.165, 1.54) is 10.6 Å². The van der Waals surface area contributed by atoms with Gasteiger partial charge in [0.15, 0.2) is 5.75 Å². The van der Waals surface area contributed by atoms with Crippen molar-refractivity contribution in [2.45, 2.75) is 83.5 Å². The second kappa shape index (κ2) is 14.8. The Labute approximate surface area is 270 Å². The Bertz CT molecular complexity index is 1830. The van der Waals surface area contributed by atoms with E-state index in [1.54, 1.807) is 37.5 Å². The highest BCUT2D eigenvalue weighted by Crippen LogP contribution is 2.29. The molecule has 0 radical (unpaired) electrons. The number of amides is 1. The van der Waals surface area contributed by atoms with Gasteiger partial charge in [0.05, 0.1) is 29.6 Å². The van der Waals surface area contributed by atoms with Crippen LogP contribution in [-0.2, 0) is 27.7 Å². The van der Waals surface area contributed by atoms with Crippen molar-refractivity contribution in [1.29, 1.82) is 0 Å². The van der Waals surface area contributed by atoms with Crippen molar-refractivity contribution in [3.8, 4) is 22.8 Å². The van der Waals surface area contributed by atoms with Crippen molar-refractivity contribution < 1.29 is 17.9 Å². The van der Waals surface area contributed by atoms with Gasteiger partial charge in [-0.3, -0.25) is 9.59 Å². The van der Waals surface area contributed by atoms with Gasteiger partial charge in [-0.25, -0.2) is 32.7 Å². The molecule has 1 saturated carbocycles. The van der Waals surface area contributed by atoms with Crippen LogP contribution in [0.15, 0.2) is 70.6 Å². The molecule has 1 amide bonds. The molecule has 0 aliphatic heterocycles. The first kappa shape index (κ1) is 33.0.